The summed E-state index contributed by atoms with van der Waals surface area (Å²) in [5, 5.41) is 8.59. The number of hydrogen-bond acceptors (Lipinski definition) is 6. The molecule has 1 amide bonds. The van der Waals surface area contributed by atoms with Gasteiger partial charge in [-0.25, -0.2) is 9.97 Å². The third-order valence-corrected chi connectivity index (χ3v) is 6.44. The Morgan fingerprint density at radius 3 is 2.78 bits per heavy atom. The summed E-state index contributed by atoms with van der Waals surface area (Å²) in [5.41, 5.74) is 1.53. The van der Waals surface area contributed by atoms with Crippen LogP contribution in [0.3, 0.4) is 0 Å². The van der Waals surface area contributed by atoms with E-state index >= 15 is 0 Å². The summed E-state index contributed by atoms with van der Waals surface area (Å²) in [5.74, 6) is 0.940. The number of aromatic nitrogens is 3. The van der Waals surface area contributed by atoms with Crippen LogP contribution in [-0.4, -0.2) is 59.2 Å². The molecular formula is C22H24Cl2N6O2. The van der Waals surface area contributed by atoms with Crippen LogP contribution in [0.2, 0.25) is 10.0 Å². The molecule has 2 aliphatic rings. The number of amides is 1. The molecule has 168 valence electrons. The SMILES string of the molecule is O=C(NC1CCCN(c2ncnc3[nH]ccc23)C1)C(Nc1cc(Cl)cc(Cl)c1)C1COC1. The number of H-pyrrole nitrogens is 1. The van der Waals surface area contributed by atoms with E-state index in [0.717, 1.165) is 41.9 Å². The molecule has 2 unspecified atom stereocenters. The normalized spacial score (nSPS) is 20.1. The molecule has 8 nitrogen and oxygen atoms in total. The van der Waals surface area contributed by atoms with Gasteiger partial charge in [0.15, 0.2) is 0 Å². The molecule has 10 heteroatoms. The lowest BCUT2D eigenvalue weighted by Gasteiger charge is -2.37. The average molecular weight is 475 g/mol. The first-order valence-corrected chi connectivity index (χ1v) is 11.5. The summed E-state index contributed by atoms with van der Waals surface area (Å²) < 4.78 is 5.35. The number of ether oxygens (including phenoxy) is 1. The molecule has 32 heavy (non-hydrogen) atoms. The zero-order valence-electron chi connectivity index (χ0n) is 17.4. The summed E-state index contributed by atoms with van der Waals surface area (Å²) >= 11 is 12.3. The van der Waals surface area contributed by atoms with Gasteiger partial charge in [-0.15, -0.1) is 0 Å². The van der Waals surface area contributed by atoms with Gasteiger partial charge in [-0.05, 0) is 37.1 Å². The van der Waals surface area contributed by atoms with E-state index in [1.165, 1.54) is 0 Å². The van der Waals surface area contributed by atoms with Crippen LogP contribution in [0.15, 0.2) is 36.8 Å². The Morgan fingerprint density at radius 1 is 1.22 bits per heavy atom. The Labute approximate surface area is 195 Å². The number of anilines is 2. The molecule has 0 saturated carbocycles. The number of nitrogens with zero attached hydrogens (tertiary/aromatic N) is 3. The van der Waals surface area contributed by atoms with Crippen LogP contribution in [0.25, 0.3) is 11.0 Å². The second-order valence-corrected chi connectivity index (χ2v) is 9.18. The molecule has 0 bridgehead atoms. The number of fused-ring (bicyclic) bond motifs is 1. The maximum Gasteiger partial charge on any atom is 0.243 e. The molecule has 3 N–H and O–H groups in total. The Bertz CT molecular complexity index is 1100. The lowest BCUT2D eigenvalue weighted by Crippen LogP contribution is -2.56. The number of rotatable bonds is 6. The van der Waals surface area contributed by atoms with Gasteiger partial charge < -0.3 is 25.3 Å². The van der Waals surface area contributed by atoms with Crippen molar-refractivity contribution in [1.29, 1.82) is 0 Å². The van der Waals surface area contributed by atoms with Gasteiger partial charge in [-0.2, -0.15) is 0 Å². The fourth-order valence-corrected chi connectivity index (χ4v) is 4.88. The van der Waals surface area contributed by atoms with Crippen LogP contribution < -0.4 is 15.5 Å². The molecule has 2 saturated heterocycles. The molecule has 2 aromatic heterocycles. The molecule has 1 aromatic carbocycles. The van der Waals surface area contributed by atoms with E-state index < -0.39 is 6.04 Å². The summed E-state index contributed by atoms with van der Waals surface area (Å²) in [6.07, 6.45) is 5.32. The summed E-state index contributed by atoms with van der Waals surface area (Å²) in [7, 11) is 0. The number of aromatic amines is 1. The van der Waals surface area contributed by atoms with Crippen LogP contribution in [-0.2, 0) is 9.53 Å². The second-order valence-electron chi connectivity index (χ2n) is 8.31. The number of piperidine rings is 1. The van der Waals surface area contributed by atoms with Crippen molar-refractivity contribution >= 4 is 51.6 Å². The summed E-state index contributed by atoms with van der Waals surface area (Å²) in [6.45, 7) is 2.67. The van der Waals surface area contributed by atoms with Gasteiger partial charge in [0.1, 0.15) is 23.8 Å². The van der Waals surface area contributed by atoms with Gasteiger partial charge in [-0.1, -0.05) is 23.2 Å². The molecule has 5 rings (SSSR count). The Kier molecular flexibility index (Phi) is 6.08. The van der Waals surface area contributed by atoms with Crippen molar-refractivity contribution in [3.05, 3.63) is 46.8 Å². The second kappa shape index (κ2) is 9.13. The van der Waals surface area contributed by atoms with Gasteiger partial charge in [0.25, 0.3) is 0 Å². The minimum Gasteiger partial charge on any atom is -0.380 e. The van der Waals surface area contributed by atoms with E-state index in [0.29, 0.717) is 29.8 Å². The maximum absolute atomic E-state index is 13.3. The predicted octanol–water partition coefficient (Wildman–Crippen LogP) is 3.48. The highest BCUT2D eigenvalue weighted by atomic mass is 35.5. The number of benzene rings is 1. The molecule has 0 radical (unpaired) electrons. The van der Waals surface area contributed by atoms with Crippen LogP contribution in [0.4, 0.5) is 11.5 Å². The van der Waals surface area contributed by atoms with Crippen molar-refractivity contribution in [1.82, 2.24) is 20.3 Å². The zero-order chi connectivity index (χ0) is 22.1. The topological polar surface area (TPSA) is 95.2 Å². The Balaban J connectivity index is 1.29. The lowest BCUT2D eigenvalue weighted by atomic mass is 9.95. The first-order valence-electron chi connectivity index (χ1n) is 10.7. The van der Waals surface area contributed by atoms with Crippen molar-refractivity contribution in [3.63, 3.8) is 0 Å². The smallest absolute Gasteiger partial charge is 0.243 e. The van der Waals surface area contributed by atoms with Crippen molar-refractivity contribution in [2.24, 2.45) is 5.92 Å². The van der Waals surface area contributed by atoms with E-state index in [2.05, 4.69) is 30.5 Å². The number of halogens is 2. The fourth-order valence-electron chi connectivity index (χ4n) is 4.35. The van der Waals surface area contributed by atoms with Gasteiger partial charge >= 0.3 is 0 Å². The Morgan fingerprint density at radius 2 is 2.03 bits per heavy atom. The fraction of sp³-hybridized carbons (Fsp3) is 0.409. The van der Waals surface area contributed by atoms with E-state index in [-0.39, 0.29) is 17.9 Å². The standard InChI is InChI=1S/C22H24Cl2N6O2/c23-14-6-15(24)8-17(7-14)28-19(13-10-32-11-13)22(31)29-16-2-1-5-30(9-16)21-18-3-4-25-20(18)26-12-27-21/h3-4,6-8,12-13,16,19,28H,1-2,5,9-11H2,(H,29,31)(H,25,26,27). The molecular weight excluding hydrogens is 451 g/mol. The van der Waals surface area contributed by atoms with E-state index in [1.807, 2.05) is 12.3 Å². The zero-order valence-corrected chi connectivity index (χ0v) is 18.9. The van der Waals surface area contributed by atoms with E-state index in [9.17, 15) is 4.79 Å². The Hall–Kier alpha value is -2.55. The van der Waals surface area contributed by atoms with Crippen LogP contribution >= 0.6 is 23.2 Å². The van der Waals surface area contributed by atoms with Crippen molar-refractivity contribution in [3.8, 4) is 0 Å². The first kappa shape index (κ1) is 21.3. The predicted molar refractivity (Wildman–Crippen MR) is 125 cm³/mol. The highest BCUT2D eigenvalue weighted by Crippen LogP contribution is 2.27. The van der Waals surface area contributed by atoms with Crippen LogP contribution in [0.5, 0.6) is 0 Å². The minimum absolute atomic E-state index is 0.0217. The van der Waals surface area contributed by atoms with Gasteiger partial charge in [0.2, 0.25) is 5.91 Å². The van der Waals surface area contributed by atoms with Crippen LogP contribution in [0, 0.1) is 5.92 Å². The summed E-state index contributed by atoms with van der Waals surface area (Å²) in [4.78, 5) is 27.4. The molecule has 4 heterocycles. The van der Waals surface area contributed by atoms with Gasteiger partial charge in [0.05, 0.1) is 18.6 Å². The van der Waals surface area contributed by atoms with Crippen molar-refractivity contribution in [2.75, 3.05) is 36.5 Å². The first-order chi connectivity index (χ1) is 15.6. The van der Waals surface area contributed by atoms with Crippen LogP contribution in [0.1, 0.15) is 12.8 Å². The molecule has 2 atom stereocenters. The van der Waals surface area contributed by atoms with Crippen molar-refractivity contribution < 1.29 is 9.53 Å². The highest BCUT2D eigenvalue weighted by Gasteiger charge is 2.35. The molecule has 2 fully saturated rings. The lowest BCUT2D eigenvalue weighted by molar-refractivity contribution is -0.128. The quantitative estimate of drug-likeness (QED) is 0.506. The number of carbonyl (C=O) groups is 1. The van der Waals surface area contributed by atoms with Gasteiger partial charge in [-0.3, -0.25) is 4.79 Å². The minimum atomic E-state index is -0.427. The molecule has 0 spiro atoms. The molecule has 0 aliphatic carbocycles. The third kappa shape index (κ3) is 4.48. The highest BCUT2D eigenvalue weighted by molar-refractivity contribution is 6.35. The van der Waals surface area contributed by atoms with Crippen molar-refractivity contribution in [2.45, 2.75) is 24.9 Å². The number of hydrogen-bond donors (Lipinski definition) is 3. The number of nitrogens with one attached hydrogen (secondary N) is 3. The largest absolute Gasteiger partial charge is 0.380 e. The van der Waals surface area contributed by atoms with E-state index in [1.54, 1.807) is 24.5 Å². The monoisotopic (exact) mass is 474 g/mol. The third-order valence-electron chi connectivity index (χ3n) is 6.00. The average Bonchev–Trinajstić information content (AvgIpc) is 3.20. The number of carbonyl (C=O) groups excluding carboxylic acids is 1. The summed E-state index contributed by atoms with van der Waals surface area (Å²) in [6, 6.07) is 6.79. The van der Waals surface area contributed by atoms with Gasteiger partial charge in [0, 0.05) is 47.0 Å². The van der Waals surface area contributed by atoms with E-state index in [4.69, 9.17) is 27.9 Å². The molecule has 3 aromatic rings. The molecule has 2 aliphatic heterocycles. The maximum atomic E-state index is 13.3.